The number of thiazole rings is 1. The first-order chi connectivity index (χ1) is 11.2. The number of carbonyl (C=O) groups excluding carboxylic acids is 1. The minimum atomic E-state index is -0.172. The van der Waals surface area contributed by atoms with Gasteiger partial charge < -0.3 is 4.74 Å². The number of benzene rings is 2. The van der Waals surface area contributed by atoms with E-state index in [1.807, 2.05) is 42.6 Å². The van der Waals surface area contributed by atoms with Gasteiger partial charge in [-0.05, 0) is 36.8 Å². The van der Waals surface area contributed by atoms with Gasteiger partial charge in [0.05, 0.1) is 5.69 Å². The molecule has 0 unspecified atom stereocenters. The van der Waals surface area contributed by atoms with Crippen molar-refractivity contribution in [2.45, 2.75) is 13.5 Å². The van der Waals surface area contributed by atoms with Crippen LogP contribution in [0.1, 0.15) is 21.6 Å². The molecular weight excluding hydrogens is 308 g/mol. The Morgan fingerprint density at radius 2 is 1.87 bits per heavy atom. The van der Waals surface area contributed by atoms with Crippen molar-refractivity contribution in [2.24, 2.45) is 0 Å². The lowest BCUT2D eigenvalue weighted by atomic mass is 10.2. The molecule has 0 saturated carbocycles. The Labute approximate surface area is 138 Å². The van der Waals surface area contributed by atoms with Crippen LogP contribution in [0.5, 0.6) is 5.75 Å². The minimum Gasteiger partial charge on any atom is -0.489 e. The van der Waals surface area contributed by atoms with E-state index in [1.54, 1.807) is 24.3 Å². The van der Waals surface area contributed by atoms with Crippen LogP contribution < -0.4 is 10.1 Å². The molecule has 1 amide bonds. The molecule has 0 atom stereocenters. The van der Waals surface area contributed by atoms with Crippen LogP contribution in [0.15, 0.2) is 60.0 Å². The topological polar surface area (TPSA) is 51.2 Å². The highest BCUT2D eigenvalue weighted by Crippen LogP contribution is 2.18. The zero-order valence-electron chi connectivity index (χ0n) is 12.7. The van der Waals surface area contributed by atoms with Crippen LogP contribution in [-0.4, -0.2) is 10.9 Å². The van der Waals surface area contributed by atoms with E-state index >= 15 is 0 Å². The Morgan fingerprint density at radius 3 is 2.52 bits per heavy atom. The van der Waals surface area contributed by atoms with Gasteiger partial charge in [-0.3, -0.25) is 10.1 Å². The van der Waals surface area contributed by atoms with E-state index in [9.17, 15) is 4.79 Å². The van der Waals surface area contributed by atoms with Crippen LogP contribution in [0.25, 0.3) is 0 Å². The predicted molar refractivity (Wildman–Crippen MR) is 92.0 cm³/mol. The van der Waals surface area contributed by atoms with Gasteiger partial charge in [0, 0.05) is 10.9 Å². The van der Waals surface area contributed by atoms with Gasteiger partial charge in [-0.1, -0.05) is 30.3 Å². The maximum atomic E-state index is 12.1. The summed E-state index contributed by atoms with van der Waals surface area (Å²) in [6.45, 7) is 2.40. The first-order valence-corrected chi connectivity index (χ1v) is 8.09. The predicted octanol–water partition coefficient (Wildman–Crippen LogP) is 4.28. The normalized spacial score (nSPS) is 10.3. The first kappa shape index (κ1) is 15.2. The SMILES string of the molecule is Cc1csc(NC(=O)c2ccc(OCc3ccccc3)cc2)n1. The Balaban J connectivity index is 1.59. The van der Waals surface area contributed by atoms with Crippen molar-refractivity contribution < 1.29 is 9.53 Å². The van der Waals surface area contributed by atoms with Crippen LogP contribution in [0, 0.1) is 6.92 Å². The summed E-state index contributed by atoms with van der Waals surface area (Å²) >= 11 is 1.41. The Hall–Kier alpha value is -2.66. The third-order valence-electron chi connectivity index (χ3n) is 3.20. The molecule has 0 spiro atoms. The lowest BCUT2D eigenvalue weighted by Gasteiger charge is -2.07. The number of anilines is 1. The summed E-state index contributed by atoms with van der Waals surface area (Å²) < 4.78 is 5.71. The van der Waals surface area contributed by atoms with Crippen LogP contribution in [0.2, 0.25) is 0 Å². The van der Waals surface area contributed by atoms with Gasteiger partial charge in [0.25, 0.3) is 5.91 Å². The van der Waals surface area contributed by atoms with E-state index in [0.29, 0.717) is 17.3 Å². The number of rotatable bonds is 5. The molecule has 116 valence electrons. The van der Waals surface area contributed by atoms with Crippen molar-refractivity contribution in [2.75, 3.05) is 5.32 Å². The highest BCUT2D eigenvalue weighted by atomic mass is 32.1. The fraction of sp³-hybridized carbons (Fsp3) is 0.111. The van der Waals surface area contributed by atoms with E-state index in [2.05, 4.69) is 10.3 Å². The van der Waals surface area contributed by atoms with E-state index in [1.165, 1.54) is 11.3 Å². The highest BCUT2D eigenvalue weighted by molar-refractivity contribution is 7.13. The second-order valence-electron chi connectivity index (χ2n) is 5.05. The third-order valence-corrected chi connectivity index (χ3v) is 4.08. The van der Waals surface area contributed by atoms with Gasteiger partial charge in [0.2, 0.25) is 0 Å². The van der Waals surface area contributed by atoms with Gasteiger partial charge in [-0.2, -0.15) is 0 Å². The molecular formula is C18H16N2O2S. The number of nitrogens with zero attached hydrogens (tertiary/aromatic N) is 1. The summed E-state index contributed by atoms with van der Waals surface area (Å²) in [4.78, 5) is 16.3. The number of hydrogen-bond acceptors (Lipinski definition) is 4. The molecule has 0 radical (unpaired) electrons. The summed E-state index contributed by atoms with van der Waals surface area (Å²) in [6.07, 6.45) is 0. The maximum absolute atomic E-state index is 12.1. The third kappa shape index (κ3) is 4.17. The Kier molecular flexibility index (Phi) is 4.68. The Bertz CT molecular complexity index is 782. The number of nitrogens with one attached hydrogen (secondary N) is 1. The van der Waals surface area contributed by atoms with Gasteiger partial charge in [-0.25, -0.2) is 4.98 Å². The zero-order valence-corrected chi connectivity index (χ0v) is 13.5. The van der Waals surface area contributed by atoms with Gasteiger partial charge >= 0.3 is 0 Å². The summed E-state index contributed by atoms with van der Waals surface area (Å²) in [5.41, 5.74) is 2.58. The van der Waals surface area contributed by atoms with Crippen LogP contribution in [0.4, 0.5) is 5.13 Å². The molecule has 0 aliphatic rings. The summed E-state index contributed by atoms with van der Waals surface area (Å²) in [7, 11) is 0. The van der Waals surface area contributed by atoms with Crippen LogP contribution in [0.3, 0.4) is 0 Å². The summed E-state index contributed by atoms with van der Waals surface area (Å²) in [5, 5.41) is 5.29. The van der Waals surface area contributed by atoms with Gasteiger partial charge in [-0.15, -0.1) is 11.3 Å². The molecule has 0 aliphatic heterocycles. The first-order valence-electron chi connectivity index (χ1n) is 7.21. The lowest BCUT2D eigenvalue weighted by molar-refractivity contribution is 0.102. The second-order valence-corrected chi connectivity index (χ2v) is 5.90. The monoisotopic (exact) mass is 324 g/mol. The molecule has 3 rings (SSSR count). The highest BCUT2D eigenvalue weighted by Gasteiger charge is 2.08. The molecule has 23 heavy (non-hydrogen) atoms. The standard InChI is InChI=1S/C18H16N2O2S/c1-13-12-23-18(19-13)20-17(21)15-7-9-16(10-8-15)22-11-14-5-3-2-4-6-14/h2-10,12H,11H2,1H3,(H,19,20,21). The summed E-state index contributed by atoms with van der Waals surface area (Å²) in [6, 6.07) is 17.0. The molecule has 1 aromatic heterocycles. The molecule has 2 aromatic carbocycles. The fourth-order valence-corrected chi connectivity index (χ4v) is 2.71. The number of aryl methyl sites for hydroxylation is 1. The maximum Gasteiger partial charge on any atom is 0.257 e. The van der Waals surface area contributed by atoms with Crippen molar-refractivity contribution in [1.82, 2.24) is 4.98 Å². The zero-order chi connectivity index (χ0) is 16.1. The average molecular weight is 324 g/mol. The average Bonchev–Trinajstić information content (AvgIpc) is 2.99. The van der Waals surface area contributed by atoms with Crippen LogP contribution >= 0.6 is 11.3 Å². The van der Waals surface area contributed by atoms with Gasteiger partial charge in [0.1, 0.15) is 12.4 Å². The quantitative estimate of drug-likeness (QED) is 0.762. The van der Waals surface area contributed by atoms with Crippen molar-refractivity contribution in [3.8, 4) is 5.75 Å². The number of amides is 1. The number of carbonyl (C=O) groups is 1. The fourth-order valence-electron chi connectivity index (χ4n) is 2.02. The molecule has 1 heterocycles. The molecule has 5 heteroatoms. The van der Waals surface area contributed by atoms with Crippen molar-refractivity contribution in [3.63, 3.8) is 0 Å². The minimum absolute atomic E-state index is 0.172. The second kappa shape index (κ2) is 7.07. The molecule has 4 nitrogen and oxygen atoms in total. The van der Waals surface area contributed by atoms with Crippen molar-refractivity contribution in [1.29, 1.82) is 0 Å². The van der Waals surface area contributed by atoms with Crippen molar-refractivity contribution >= 4 is 22.4 Å². The van der Waals surface area contributed by atoms with Gasteiger partial charge in [0.15, 0.2) is 5.13 Å². The van der Waals surface area contributed by atoms with E-state index in [-0.39, 0.29) is 5.91 Å². The summed E-state index contributed by atoms with van der Waals surface area (Å²) in [5.74, 6) is 0.560. The van der Waals surface area contributed by atoms with Crippen LogP contribution in [-0.2, 0) is 6.61 Å². The lowest BCUT2D eigenvalue weighted by Crippen LogP contribution is -2.11. The van der Waals surface area contributed by atoms with E-state index < -0.39 is 0 Å². The number of ether oxygens (including phenoxy) is 1. The number of hydrogen-bond donors (Lipinski definition) is 1. The molecule has 1 N–H and O–H groups in total. The van der Waals surface area contributed by atoms with Crippen molar-refractivity contribution in [3.05, 3.63) is 76.8 Å². The molecule has 0 aliphatic carbocycles. The molecule has 0 fully saturated rings. The molecule has 0 saturated heterocycles. The largest absolute Gasteiger partial charge is 0.489 e. The Morgan fingerprint density at radius 1 is 1.13 bits per heavy atom. The molecule has 3 aromatic rings. The number of aromatic nitrogens is 1. The molecule has 0 bridgehead atoms. The van der Waals surface area contributed by atoms with E-state index in [4.69, 9.17) is 4.74 Å². The van der Waals surface area contributed by atoms with E-state index in [0.717, 1.165) is 17.0 Å². The smallest absolute Gasteiger partial charge is 0.257 e.